The fourth-order valence-electron chi connectivity index (χ4n) is 1.87. The van der Waals surface area contributed by atoms with Gasteiger partial charge in [-0.3, -0.25) is 11.3 Å². The van der Waals surface area contributed by atoms with Crippen LogP contribution in [0.25, 0.3) is 0 Å². The van der Waals surface area contributed by atoms with Crippen LogP contribution in [-0.4, -0.2) is 0 Å². The van der Waals surface area contributed by atoms with Crippen LogP contribution in [0.1, 0.15) is 22.7 Å². The van der Waals surface area contributed by atoms with Crippen LogP contribution in [-0.2, 0) is 6.42 Å². The molecule has 2 rings (SSSR count). The predicted molar refractivity (Wildman–Crippen MR) is 77.0 cm³/mol. The standard InChI is InChI=1S/C13H15BrN2S/c1-9-3-2-4-10(5-9)6-13(16-15)11-7-17-8-12(11)14/h2-5,7-8,13,16H,6,15H2,1H3. The third-order valence-corrected chi connectivity index (χ3v) is 4.49. The normalized spacial score (nSPS) is 12.6. The number of hydrogen-bond acceptors (Lipinski definition) is 3. The van der Waals surface area contributed by atoms with Crippen LogP contribution in [0, 0.1) is 6.92 Å². The molecular formula is C13H15BrN2S. The zero-order chi connectivity index (χ0) is 12.3. The van der Waals surface area contributed by atoms with Crippen LogP contribution in [0.3, 0.4) is 0 Å². The van der Waals surface area contributed by atoms with Gasteiger partial charge in [-0.25, -0.2) is 0 Å². The average Bonchev–Trinajstić information content (AvgIpc) is 2.72. The average molecular weight is 311 g/mol. The molecule has 2 nitrogen and oxygen atoms in total. The number of rotatable bonds is 4. The molecule has 1 atom stereocenters. The monoisotopic (exact) mass is 310 g/mol. The van der Waals surface area contributed by atoms with E-state index in [9.17, 15) is 0 Å². The number of nitrogens with two attached hydrogens (primary N) is 1. The SMILES string of the molecule is Cc1cccc(CC(NN)c2cscc2Br)c1. The lowest BCUT2D eigenvalue weighted by molar-refractivity contribution is 0.551. The number of hydrazine groups is 1. The highest BCUT2D eigenvalue weighted by Crippen LogP contribution is 2.29. The van der Waals surface area contributed by atoms with Gasteiger partial charge in [0.25, 0.3) is 0 Å². The van der Waals surface area contributed by atoms with E-state index >= 15 is 0 Å². The second-order valence-corrected chi connectivity index (χ2v) is 5.69. The largest absolute Gasteiger partial charge is 0.271 e. The first kappa shape index (κ1) is 12.8. The molecule has 0 saturated heterocycles. The molecule has 1 heterocycles. The van der Waals surface area contributed by atoms with E-state index in [1.54, 1.807) is 11.3 Å². The van der Waals surface area contributed by atoms with E-state index in [2.05, 4.69) is 63.3 Å². The van der Waals surface area contributed by atoms with Crippen LogP contribution in [0.2, 0.25) is 0 Å². The molecule has 1 unspecified atom stereocenters. The lowest BCUT2D eigenvalue weighted by Gasteiger charge is -2.16. The maximum atomic E-state index is 5.65. The highest BCUT2D eigenvalue weighted by atomic mass is 79.9. The summed E-state index contributed by atoms with van der Waals surface area (Å²) in [6, 6.07) is 8.68. The first-order valence-electron chi connectivity index (χ1n) is 5.44. The number of halogens is 1. The van der Waals surface area contributed by atoms with Crippen molar-refractivity contribution >= 4 is 27.3 Å². The van der Waals surface area contributed by atoms with Crippen molar-refractivity contribution in [1.29, 1.82) is 0 Å². The van der Waals surface area contributed by atoms with E-state index in [4.69, 9.17) is 5.84 Å². The summed E-state index contributed by atoms with van der Waals surface area (Å²) in [7, 11) is 0. The van der Waals surface area contributed by atoms with Gasteiger partial charge in [0, 0.05) is 9.85 Å². The second kappa shape index (κ2) is 5.78. The smallest absolute Gasteiger partial charge is 0.0519 e. The van der Waals surface area contributed by atoms with Crippen LogP contribution < -0.4 is 11.3 Å². The summed E-state index contributed by atoms with van der Waals surface area (Å²) < 4.78 is 1.12. The Labute approximate surface area is 114 Å². The molecule has 0 spiro atoms. The van der Waals surface area contributed by atoms with Gasteiger partial charge in [0.05, 0.1) is 6.04 Å². The summed E-state index contributed by atoms with van der Waals surface area (Å²) in [4.78, 5) is 0. The van der Waals surface area contributed by atoms with Crippen molar-refractivity contribution in [2.45, 2.75) is 19.4 Å². The summed E-state index contributed by atoms with van der Waals surface area (Å²) in [6.07, 6.45) is 0.896. The van der Waals surface area contributed by atoms with Gasteiger partial charge in [0.15, 0.2) is 0 Å². The molecule has 1 aromatic heterocycles. The Morgan fingerprint density at radius 3 is 2.82 bits per heavy atom. The zero-order valence-electron chi connectivity index (χ0n) is 9.61. The molecule has 90 valence electrons. The van der Waals surface area contributed by atoms with E-state index < -0.39 is 0 Å². The third kappa shape index (κ3) is 3.16. The lowest BCUT2D eigenvalue weighted by Crippen LogP contribution is -2.29. The van der Waals surface area contributed by atoms with Gasteiger partial charge in [-0.15, -0.1) is 0 Å². The van der Waals surface area contributed by atoms with Crippen LogP contribution in [0.5, 0.6) is 0 Å². The molecule has 2 aromatic rings. The van der Waals surface area contributed by atoms with Crippen molar-refractivity contribution in [3.05, 3.63) is 56.2 Å². The molecule has 0 amide bonds. The van der Waals surface area contributed by atoms with Gasteiger partial charge >= 0.3 is 0 Å². The minimum atomic E-state index is 0.150. The molecule has 3 N–H and O–H groups in total. The first-order chi connectivity index (χ1) is 8.20. The quantitative estimate of drug-likeness (QED) is 0.669. The number of nitrogens with one attached hydrogen (secondary N) is 1. The van der Waals surface area contributed by atoms with E-state index in [-0.39, 0.29) is 6.04 Å². The minimum Gasteiger partial charge on any atom is -0.271 e. The molecule has 4 heteroatoms. The Hall–Kier alpha value is -0.680. The number of thiophene rings is 1. The topological polar surface area (TPSA) is 38.0 Å². The Bertz CT molecular complexity index is 496. The first-order valence-corrected chi connectivity index (χ1v) is 7.17. The van der Waals surface area contributed by atoms with Crippen molar-refractivity contribution < 1.29 is 0 Å². The van der Waals surface area contributed by atoms with E-state index in [0.717, 1.165) is 10.9 Å². The summed E-state index contributed by atoms with van der Waals surface area (Å²) in [5.41, 5.74) is 6.69. The Kier molecular flexibility index (Phi) is 4.34. The van der Waals surface area contributed by atoms with Crippen molar-refractivity contribution in [2.24, 2.45) is 5.84 Å². The summed E-state index contributed by atoms with van der Waals surface area (Å²) in [6.45, 7) is 2.11. The van der Waals surface area contributed by atoms with Gasteiger partial charge in [0.1, 0.15) is 0 Å². The van der Waals surface area contributed by atoms with Gasteiger partial charge in [-0.05, 0) is 45.8 Å². The van der Waals surface area contributed by atoms with Gasteiger partial charge < -0.3 is 0 Å². The van der Waals surface area contributed by atoms with Crippen molar-refractivity contribution in [2.75, 3.05) is 0 Å². The Morgan fingerprint density at radius 1 is 1.41 bits per heavy atom. The number of aryl methyl sites for hydroxylation is 1. The number of benzene rings is 1. The van der Waals surface area contributed by atoms with E-state index in [0.29, 0.717) is 0 Å². The van der Waals surface area contributed by atoms with Gasteiger partial charge in [-0.2, -0.15) is 11.3 Å². The predicted octanol–water partition coefficient (Wildman–Crippen LogP) is 3.57. The Balaban J connectivity index is 2.19. The van der Waals surface area contributed by atoms with Crippen molar-refractivity contribution in [1.82, 2.24) is 5.43 Å². The minimum absolute atomic E-state index is 0.150. The summed E-state index contributed by atoms with van der Waals surface area (Å²) >= 11 is 5.23. The second-order valence-electron chi connectivity index (χ2n) is 4.09. The van der Waals surface area contributed by atoms with Crippen LogP contribution >= 0.6 is 27.3 Å². The zero-order valence-corrected chi connectivity index (χ0v) is 12.0. The fraction of sp³-hybridized carbons (Fsp3) is 0.231. The molecule has 0 saturated carbocycles. The molecule has 17 heavy (non-hydrogen) atoms. The van der Waals surface area contributed by atoms with Crippen LogP contribution in [0.15, 0.2) is 39.5 Å². The third-order valence-electron chi connectivity index (χ3n) is 2.74. The molecule has 0 aliphatic rings. The van der Waals surface area contributed by atoms with E-state index in [1.807, 2.05) is 0 Å². The van der Waals surface area contributed by atoms with Crippen molar-refractivity contribution in [3.8, 4) is 0 Å². The molecule has 0 fully saturated rings. The number of hydrogen-bond donors (Lipinski definition) is 2. The molecule has 0 aliphatic heterocycles. The fourth-order valence-corrected chi connectivity index (χ4v) is 3.50. The maximum absolute atomic E-state index is 5.65. The molecule has 0 aliphatic carbocycles. The van der Waals surface area contributed by atoms with Crippen LogP contribution in [0.4, 0.5) is 0 Å². The molecule has 0 radical (unpaired) electrons. The summed E-state index contributed by atoms with van der Waals surface area (Å²) in [5, 5.41) is 4.21. The summed E-state index contributed by atoms with van der Waals surface area (Å²) in [5.74, 6) is 5.65. The van der Waals surface area contributed by atoms with Gasteiger partial charge in [-0.1, -0.05) is 29.8 Å². The lowest BCUT2D eigenvalue weighted by atomic mass is 10.0. The van der Waals surface area contributed by atoms with Crippen molar-refractivity contribution in [3.63, 3.8) is 0 Å². The highest BCUT2D eigenvalue weighted by molar-refractivity contribution is 9.10. The molecule has 0 bridgehead atoms. The maximum Gasteiger partial charge on any atom is 0.0519 e. The molecule has 1 aromatic carbocycles. The molecular weight excluding hydrogens is 296 g/mol. The Morgan fingerprint density at radius 2 is 2.24 bits per heavy atom. The highest BCUT2D eigenvalue weighted by Gasteiger charge is 2.14. The van der Waals surface area contributed by atoms with E-state index in [1.165, 1.54) is 16.7 Å². The van der Waals surface area contributed by atoms with Gasteiger partial charge in [0.2, 0.25) is 0 Å².